The highest BCUT2D eigenvalue weighted by Crippen LogP contribution is 2.15. The molecule has 0 amide bonds. The van der Waals surface area contributed by atoms with Crippen LogP contribution < -0.4 is 5.32 Å². The van der Waals surface area contributed by atoms with E-state index in [4.69, 9.17) is 15.3 Å². The lowest BCUT2D eigenvalue weighted by Gasteiger charge is -2.22. The summed E-state index contributed by atoms with van der Waals surface area (Å²) in [5.74, 6) is 0. The zero-order chi connectivity index (χ0) is 15.2. The predicted molar refractivity (Wildman–Crippen MR) is 76.1 cm³/mol. The highest BCUT2D eigenvalue weighted by atomic mass is 16.5. The summed E-state index contributed by atoms with van der Waals surface area (Å²) in [6.45, 7) is 6.32. The molecule has 0 saturated carbocycles. The van der Waals surface area contributed by atoms with Crippen molar-refractivity contribution >= 4 is 5.69 Å². The SMILES string of the molecule is CC(C)(C)OCC(O)CNc1ccc(C#N)c(C#N)c1. The minimum absolute atomic E-state index is 0.234. The van der Waals surface area contributed by atoms with Crippen LogP contribution in [0.1, 0.15) is 31.9 Å². The molecule has 1 aromatic rings. The van der Waals surface area contributed by atoms with E-state index in [2.05, 4.69) is 5.32 Å². The van der Waals surface area contributed by atoms with E-state index in [9.17, 15) is 5.11 Å². The van der Waals surface area contributed by atoms with Gasteiger partial charge in [0.1, 0.15) is 12.1 Å². The zero-order valence-electron chi connectivity index (χ0n) is 12.0. The Morgan fingerprint density at radius 1 is 1.25 bits per heavy atom. The van der Waals surface area contributed by atoms with Gasteiger partial charge in [-0.2, -0.15) is 10.5 Å². The highest BCUT2D eigenvalue weighted by Gasteiger charge is 2.13. The molecular weight excluding hydrogens is 254 g/mol. The Morgan fingerprint density at radius 2 is 1.90 bits per heavy atom. The molecule has 2 N–H and O–H groups in total. The third-order valence-electron chi connectivity index (χ3n) is 2.51. The molecule has 5 heteroatoms. The molecule has 20 heavy (non-hydrogen) atoms. The fourth-order valence-electron chi connectivity index (χ4n) is 1.48. The Balaban J connectivity index is 2.54. The van der Waals surface area contributed by atoms with E-state index in [1.807, 2.05) is 32.9 Å². The van der Waals surface area contributed by atoms with Crippen molar-refractivity contribution in [2.45, 2.75) is 32.5 Å². The maximum atomic E-state index is 9.80. The number of nitriles is 2. The van der Waals surface area contributed by atoms with Gasteiger partial charge < -0.3 is 15.2 Å². The molecule has 0 fully saturated rings. The number of hydrogen-bond donors (Lipinski definition) is 2. The third kappa shape index (κ3) is 5.27. The quantitative estimate of drug-likeness (QED) is 0.856. The normalized spacial score (nSPS) is 12.3. The first-order valence-electron chi connectivity index (χ1n) is 6.36. The molecule has 0 aliphatic rings. The lowest BCUT2D eigenvalue weighted by atomic mass is 10.1. The summed E-state index contributed by atoms with van der Waals surface area (Å²) in [5.41, 5.74) is 1.06. The fourth-order valence-corrected chi connectivity index (χ4v) is 1.48. The second kappa shape index (κ2) is 6.91. The highest BCUT2D eigenvalue weighted by molar-refractivity contribution is 5.56. The van der Waals surface area contributed by atoms with Crippen molar-refractivity contribution in [2.75, 3.05) is 18.5 Å². The molecule has 1 unspecified atom stereocenters. The molecule has 0 spiro atoms. The molecule has 0 bridgehead atoms. The largest absolute Gasteiger partial charge is 0.389 e. The molecule has 0 aromatic heterocycles. The van der Waals surface area contributed by atoms with Gasteiger partial charge in [-0.15, -0.1) is 0 Å². The van der Waals surface area contributed by atoms with E-state index < -0.39 is 6.10 Å². The molecule has 106 valence electrons. The van der Waals surface area contributed by atoms with Crippen LogP contribution in [0.4, 0.5) is 5.69 Å². The molecule has 5 nitrogen and oxygen atoms in total. The maximum Gasteiger partial charge on any atom is 0.101 e. The summed E-state index contributed by atoms with van der Waals surface area (Å²) in [4.78, 5) is 0. The van der Waals surface area contributed by atoms with Gasteiger partial charge >= 0.3 is 0 Å². The van der Waals surface area contributed by atoms with Crippen molar-refractivity contribution in [3.8, 4) is 12.1 Å². The van der Waals surface area contributed by atoms with Crippen LogP contribution in [0.2, 0.25) is 0 Å². The second-order valence-electron chi connectivity index (χ2n) is 5.44. The van der Waals surface area contributed by atoms with Crippen molar-refractivity contribution in [1.29, 1.82) is 10.5 Å². The lowest BCUT2D eigenvalue weighted by molar-refractivity contribution is -0.0449. The number of benzene rings is 1. The first-order valence-corrected chi connectivity index (χ1v) is 6.36. The van der Waals surface area contributed by atoms with Crippen LogP contribution in [0.5, 0.6) is 0 Å². The molecule has 0 aliphatic carbocycles. The maximum absolute atomic E-state index is 9.80. The van der Waals surface area contributed by atoms with E-state index >= 15 is 0 Å². The summed E-state index contributed by atoms with van der Waals surface area (Å²) in [6.07, 6.45) is -0.643. The molecule has 0 heterocycles. The van der Waals surface area contributed by atoms with Crippen LogP contribution in [0.3, 0.4) is 0 Å². The van der Waals surface area contributed by atoms with Crippen LogP contribution >= 0.6 is 0 Å². The molecule has 1 rings (SSSR count). The van der Waals surface area contributed by atoms with Crippen LogP contribution in [0.25, 0.3) is 0 Å². The van der Waals surface area contributed by atoms with Gasteiger partial charge in [-0.05, 0) is 39.0 Å². The minimum atomic E-state index is -0.643. The molecule has 0 aliphatic heterocycles. The minimum Gasteiger partial charge on any atom is -0.389 e. The Hall–Kier alpha value is -2.08. The smallest absolute Gasteiger partial charge is 0.101 e. The molecule has 1 aromatic carbocycles. The lowest BCUT2D eigenvalue weighted by Crippen LogP contribution is -2.30. The van der Waals surface area contributed by atoms with E-state index in [-0.39, 0.29) is 12.2 Å². The zero-order valence-corrected chi connectivity index (χ0v) is 12.0. The number of aliphatic hydroxyl groups excluding tert-OH is 1. The van der Waals surface area contributed by atoms with Crippen LogP contribution in [0, 0.1) is 22.7 Å². The second-order valence-corrected chi connectivity index (χ2v) is 5.44. The van der Waals surface area contributed by atoms with Crippen molar-refractivity contribution < 1.29 is 9.84 Å². The number of ether oxygens (including phenoxy) is 1. The van der Waals surface area contributed by atoms with E-state index in [1.54, 1.807) is 18.2 Å². The van der Waals surface area contributed by atoms with Crippen molar-refractivity contribution in [1.82, 2.24) is 0 Å². The van der Waals surface area contributed by atoms with E-state index in [0.29, 0.717) is 23.4 Å². The molecule has 0 radical (unpaired) electrons. The van der Waals surface area contributed by atoms with Gasteiger partial charge in [-0.3, -0.25) is 0 Å². The summed E-state index contributed by atoms with van der Waals surface area (Å²) in [5, 5.41) is 30.6. The summed E-state index contributed by atoms with van der Waals surface area (Å²) < 4.78 is 5.48. The van der Waals surface area contributed by atoms with Crippen LogP contribution in [-0.4, -0.2) is 30.0 Å². The number of hydrogen-bond acceptors (Lipinski definition) is 5. The first kappa shape index (κ1) is 16.0. The summed E-state index contributed by atoms with van der Waals surface area (Å²) in [6, 6.07) is 8.81. The van der Waals surface area contributed by atoms with Crippen molar-refractivity contribution in [2.24, 2.45) is 0 Å². The van der Waals surface area contributed by atoms with Gasteiger partial charge in [0.15, 0.2) is 0 Å². The number of nitrogens with one attached hydrogen (secondary N) is 1. The Labute approximate surface area is 119 Å². The third-order valence-corrected chi connectivity index (χ3v) is 2.51. The summed E-state index contributed by atoms with van der Waals surface area (Å²) in [7, 11) is 0. The predicted octanol–water partition coefficient (Wildman–Crippen LogP) is 2.02. The monoisotopic (exact) mass is 273 g/mol. The number of aliphatic hydroxyl groups is 1. The number of rotatable bonds is 5. The topological polar surface area (TPSA) is 89.1 Å². The Bertz CT molecular complexity index is 536. The standard InChI is InChI=1S/C15H19N3O2/c1-15(2,3)20-10-14(19)9-18-13-5-4-11(7-16)12(6-13)8-17/h4-6,14,18-19H,9-10H2,1-3H3. The van der Waals surface area contributed by atoms with Gasteiger partial charge in [0.05, 0.1) is 29.4 Å². The molecule has 1 atom stereocenters. The van der Waals surface area contributed by atoms with E-state index in [1.165, 1.54) is 0 Å². The van der Waals surface area contributed by atoms with Gasteiger partial charge in [0.2, 0.25) is 0 Å². The average molecular weight is 273 g/mol. The average Bonchev–Trinajstić information content (AvgIpc) is 2.41. The fraction of sp³-hybridized carbons (Fsp3) is 0.467. The Kier molecular flexibility index (Phi) is 5.52. The first-order chi connectivity index (χ1) is 9.35. The van der Waals surface area contributed by atoms with Gasteiger partial charge in [0, 0.05) is 12.2 Å². The van der Waals surface area contributed by atoms with Gasteiger partial charge in [-0.25, -0.2) is 0 Å². The molecule has 0 saturated heterocycles. The van der Waals surface area contributed by atoms with Crippen molar-refractivity contribution in [3.05, 3.63) is 29.3 Å². The van der Waals surface area contributed by atoms with Crippen molar-refractivity contribution in [3.63, 3.8) is 0 Å². The summed E-state index contributed by atoms with van der Waals surface area (Å²) >= 11 is 0. The Morgan fingerprint density at radius 3 is 2.45 bits per heavy atom. The van der Waals surface area contributed by atoms with Gasteiger partial charge in [-0.1, -0.05) is 0 Å². The number of nitrogens with zero attached hydrogens (tertiary/aromatic N) is 2. The number of anilines is 1. The van der Waals surface area contributed by atoms with Crippen LogP contribution in [-0.2, 0) is 4.74 Å². The van der Waals surface area contributed by atoms with E-state index in [0.717, 1.165) is 0 Å². The van der Waals surface area contributed by atoms with Crippen LogP contribution in [0.15, 0.2) is 18.2 Å². The van der Waals surface area contributed by atoms with Gasteiger partial charge in [0.25, 0.3) is 0 Å². The molecular formula is C15H19N3O2.